The Morgan fingerprint density at radius 1 is 1.29 bits per heavy atom. The summed E-state index contributed by atoms with van der Waals surface area (Å²) in [7, 11) is -3.03. The molecule has 1 saturated carbocycles. The van der Waals surface area contributed by atoms with Crippen molar-refractivity contribution in [2.24, 2.45) is 11.3 Å². The Balaban J connectivity index is 1.99. The number of hydrogen-bond acceptors (Lipinski definition) is 3. The maximum atomic E-state index is 11.8. The summed E-state index contributed by atoms with van der Waals surface area (Å²) in [4.78, 5) is 0. The predicted octanol–water partition coefficient (Wildman–Crippen LogP) is 2.61. The molecule has 2 atom stereocenters. The SMILES string of the molecule is CCNC(CC1CCCN(S(C)(=O)=O)C1)C1(C)CCCC1. The smallest absolute Gasteiger partial charge is 0.211 e. The van der Waals surface area contributed by atoms with Gasteiger partial charge < -0.3 is 5.32 Å². The van der Waals surface area contributed by atoms with Gasteiger partial charge in [-0.05, 0) is 50.0 Å². The van der Waals surface area contributed by atoms with Crippen molar-refractivity contribution in [3.8, 4) is 0 Å². The Kier molecular flexibility index (Phi) is 5.71. The van der Waals surface area contributed by atoms with Crippen LogP contribution in [0.3, 0.4) is 0 Å². The van der Waals surface area contributed by atoms with Crippen LogP contribution in [-0.4, -0.2) is 44.7 Å². The molecule has 21 heavy (non-hydrogen) atoms. The first-order chi connectivity index (χ1) is 9.85. The number of nitrogens with one attached hydrogen (secondary N) is 1. The molecule has 2 rings (SSSR count). The molecule has 0 amide bonds. The maximum absolute atomic E-state index is 11.8. The van der Waals surface area contributed by atoms with Gasteiger partial charge in [0.25, 0.3) is 0 Å². The molecule has 0 bridgehead atoms. The number of sulfonamides is 1. The van der Waals surface area contributed by atoms with E-state index in [9.17, 15) is 8.42 Å². The van der Waals surface area contributed by atoms with E-state index in [1.54, 1.807) is 4.31 Å². The minimum absolute atomic E-state index is 0.406. The maximum Gasteiger partial charge on any atom is 0.211 e. The summed E-state index contributed by atoms with van der Waals surface area (Å²) >= 11 is 0. The summed E-state index contributed by atoms with van der Waals surface area (Å²) in [6.07, 6.45) is 9.96. The van der Waals surface area contributed by atoms with Crippen LogP contribution in [0.5, 0.6) is 0 Å². The highest BCUT2D eigenvalue weighted by Crippen LogP contribution is 2.43. The average molecular weight is 317 g/mol. The van der Waals surface area contributed by atoms with Gasteiger partial charge in [0, 0.05) is 19.1 Å². The number of nitrogens with zero attached hydrogens (tertiary/aromatic N) is 1. The van der Waals surface area contributed by atoms with E-state index in [4.69, 9.17) is 0 Å². The third kappa shape index (κ3) is 4.42. The zero-order valence-electron chi connectivity index (χ0n) is 13.9. The van der Waals surface area contributed by atoms with E-state index in [1.165, 1.54) is 38.4 Å². The summed E-state index contributed by atoms with van der Waals surface area (Å²) in [5.74, 6) is 0.509. The molecular formula is C16H32N2O2S. The van der Waals surface area contributed by atoms with Gasteiger partial charge in [-0.15, -0.1) is 0 Å². The molecule has 2 fully saturated rings. The first kappa shape index (κ1) is 17.2. The first-order valence-electron chi connectivity index (χ1n) is 8.53. The quantitative estimate of drug-likeness (QED) is 0.819. The molecule has 1 heterocycles. The fourth-order valence-electron chi connectivity index (χ4n) is 4.25. The van der Waals surface area contributed by atoms with Crippen molar-refractivity contribution in [2.45, 2.75) is 64.8 Å². The second-order valence-corrected chi connectivity index (χ2v) is 9.32. The van der Waals surface area contributed by atoms with Gasteiger partial charge in [-0.25, -0.2) is 12.7 Å². The lowest BCUT2D eigenvalue weighted by molar-refractivity contribution is 0.161. The summed E-state index contributed by atoms with van der Waals surface area (Å²) in [6.45, 7) is 7.03. The van der Waals surface area contributed by atoms with Crippen LogP contribution in [0.25, 0.3) is 0 Å². The lowest BCUT2D eigenvalue weighted by Crippen LogP contribution is -2.46. The normalized spacial score (nSPS) is 28.6. The van der Waals surface area contributed by atoms with Gasteiger partial charge in [-0.1, -0.05) is 26.7 Å². The van der Waals surface area contributed by atoms with Crippen molar-refractivity contribution in [1.82, 2.24) is 9.62 Å². The van der Waals surface area contributed by atoms with Gasteiger partial charge in [0.15, 0.2) is 0 Å². The third-order valence-electron chi connectivity index (χ3n) is 5.56. The molecule has 0 aromatic rings. The van der Waals surface area contributed by atoms with E-state index in [0.29, 0.717) is 23.9 Å². The molecular weight excluding hydrogens is 284 g/mol. The zero-order valence-corrected chi connectivity index (χ0v) is 14.7. The molecule has 124 valence electrons. The van der Waals surface area contributed by atoms with E-state index < -0.39 is 10.0 Å². The van der Waals surface area contributed by atoms with Crippen molar-refractivity contribution in [1.29, 1.82) is 0 Å². The van der Waals surface area contributed by atoms with Crippen molar-refractivity contribution >= 4 is 10.0 Å². The molecule has 2 aliphatic rings. The van der Waals surface area contributed by atoms with Crippen molar-refractivity contribution in [3.63, 3.8) is 0 Å². The predicted molar refractivity (Wildman–Crippen MR) is 87.8 cm³/mol. The largest absolute Gasteiger partial charge is 0.314 e. The molecule has 0 spiro atoms. The highest BCUT2D eigenvalue weighted by Gasteiger charge is 2.38. The lowest BCUT2D eigenvalue weighted by Gasteiger charge is -2.39. The Bertz CT molecular complexity index is 430. The monoisotopic (exact) mass is 316 g/mol. The van der Waals surface area contributed by atoms with Crippen LogP contribution in [0.2, 0.25) is 0 Å². The van der Waals surface area contributed by atoms with Gasteiger partial charge in [-0.2, -0.15) is 0 Å². The number of hydrogen-bond donors (Lipinski definition) is 1. The Hall–Kier alpha value is -0.130. The Morgan fingerprint density at radius 3 is 2.52 bits per heavy atom. The number of piperidine rings is 1. The molecule has 0 aromatic heterocycles. The molecule has 5 heteroatoms. The van der Waals surface area contributed by atoms with E-state index in [2.05, 4.69) is 19.2 Å². The fraction of sp³-hybridized carbons (Fsp3) is 1.00. The second-order valence-electron chi connectivity index (χ2n) is 7.34. The highest BCUT2D eigenvalue weighted by atomic mass is 32.2. The fourth-order valence-corrected chi connectivity index (χ4v) is 5.19. The van der Waals surface area contributed by atoms with Crippen LogP contribution in [-0.2, 0) is 10.0 Å². The van der Waals surface area contributed by atoms with Crippen LogP contribution in [0.15, 0.2) is 0 Å². The second kappa shape index (κ2) is 6.97. The third-order valence-corrected chi connectivity index (χ3v) is 6.83. The van der Waals surface area contributed by atoms with Gasteiger partial charge in [-0.3, -0.25) is 0 Å². The first-order valence-corrected chi connectivity index (χ1v) is 10.4. The Labute approximate surface area is 130 Å². The topological polar surface area (TPSA) is 49.4 Å². The van der Waals surface area contributed by atoms with E-state index >= 15 is 0 Å². The van der Waals surface area contributed by atoms with E-state index in [1.807, 2.05) is 0 Å². The molecule has 1 aliphatic heterocycles. The lowest BCUT2D eigenvalue weighted by atomic mass is 9.75. The van der Waals surface area contributed by atoms with Crippen LogP contribution in [0, 0.1) is 11.3 Å². The standard InChI is InChI=1S/C16H32N2O2S/c1-4-17-15(16(2)9-5-6-10-16)12-14-8-7-11-18(13-14)21(3,19)20/h14-15,17H,4-13H2,1-3H3. The van der Waals surface area contributed by atoms with Gasteiger partial charge in [0.05, 0.1) is 6.26 Å². The highest BCUT2D eigenvalue weighted by molar-refractivity contribution is 7.88. The molecule has 0 radical (unpaired) electrons. The van der Waals surface area contributed by atoms with Gasteiger partial charge in [0.2, 0.25) is 10.0 Å². The van der Waals surface area contributed by atoms with Crippen molar-refractivity contribution in [3.05, 3.63) is 0 Å². The summed E-state index contributed by atoms with van der Waals surface area (Å²) in [5.41, 5.74) is 0.406. The van der Waals surface area contributed by atoms with Crippen LogP contribution >= 0.6 is 0 Å². The molecule has 1 aliphatic carbocycles. The summed E-state index contributed by atoms with van der Waals surface area (Å²) in [6, 6.07) is 0.537. The minimum atomic E-state index is -3.03. The minimum Gasteiger partial charge on any atom is -0.314 e. The summed E-state index contributed by atoms with van der Waals surface area (Å²) < 4.78 is 25.2. The van der Waals surface area contributed by atoms with Gasteiger partial charge in [0.1, 0.15) is 0 Å². The van der Waals surface area contributed by atoms with Crippen LogP contribution in [0.1, 0.15) is 58.8 Å². The molecule has 1 N–H and O–H groups in total. The van der Waals surface area contributed by atoms with E-state index in [0.717, 1.165) is 25.9 Å². The molecule has 4 nitrogen and oxygen atoms in total. The molecule has 1 saturated heterocycles. The zero-order chi connectivity index (χ0) is 15.5. The van der Waals surface area contributed by atoms with Crippen molar-refractivity contribution in [2.75, 3.05) is 25.9 Å². The summed E-state index contributed by atoms with van der Waals surface area (Å²) in [5, 5.41) is 3.70. The van der Waals surface area contributed by atoms with Crippen LogP contribution in [0.4, 0.5) is 0 Å². The number of rotatable bonds is 6. The Morgan fingerprint density at radius 2 is 1.95 bits per heavy atom. The van der Waals surface area contributed by atoms with Crippen LogP contribution < -0.4 is 5.32 Å². The van der Waals surface area contributed by atoms with E-state index in [-0.39, 0.29) is 0 Å². The van der Waals surface area contributed by atoms with Crippen molar-refractivity contribution < 1.29 is 8.42 Å². The van der Waals surface area contributed by atoms with Gasteiger partial charge >= 0.3 is 0 Å². The molecule has 2 unspecified atom stereocenters. The molecule has 0 aromatic carbocycles. The average Bonchev–Trinajstić information content (AvgIpc) is 2.86.